The summed E-state index contributed by atoms with van der Waals surface area (Å²) >= 11 is 1.82. The van der Waals surface area contributed by atoms with E-state index < -0.39 is 0 Å². The Bertz CT molecular complexity index is 1780. The van der Waals surface area contributed by atoms with E-state index in [2.05, 4.69) is 77.8 Å². The van der Waals surface area contributed by atoms with Crippen molar-refractivity contribution in [3.8, 4) is 22.4 Å². The first kappa shape index (κ1) is 20.3. The van der Waals surface area contributed by atoms with E-state index in [0.717, 1.165) is 44.3 Å². The molecule has 0 saturated heterocycles. The van der Waals surface area contributed by atoms with Crippen molar-refractivity contribution >= 4 is 53.4 Å². The van der Waals surface area contributed by atoms with Crippen LogP contribution in [0.5, 0.6) is 0 Å². The van der Waals surface area contributed by atoms with Gasteiger partial charge in [0.15, 0.2) is 0 Å². The maximum atomic E-state index is 6.23. The first-order chi connectivity index (χ1) is 15.8. The Kier molecular flexibility index (Phi) is 4.88. The van der Waals surface area contributed by atoms with E-state index in [-0.39, 0.29) is 20.1 Å². The molecule has 0 N–H and O–H groups in total. The molecule has 3 aromatic heterocycles. The molecule has 7 rings (SSSR count). The summed E-state index contributed by atoms with van der Waals surface area (Å²) in [6.07, 6.45) is 1.81. The number of hydrogen-bond donors (Lipinski definition) is 0. The number of benzene rings is 4. The Morgan fingerprint density at radius 2 is 1.52 bits per heavy atom. The Labute approximate surface area is 207 Å². The van der Waals surface area contributed by atoms with E-state index in [1.54, 1.807) is 0 Å². The molecule has 0 amide bonds. The second-order valence-corrected chi connectivity index (χ2v) is 9.05. The van der Waals surface area contributed by atoms with Crippen LogP contribution in [0.3, 0.4) is 0 Å². The van der Waals surface area contributed by atoms with Gasteiger partial charge in [-0.2, -0.15) is 0 Å². The zero-order valence-electron chi connectivity index (χ0n) is 17.3. The molecule has 0 saturated carbocycles. The van der Waals surface area contributed by atoms with Gasteiger partial charge in [-0.05, 0) is 47.7 Å². The maximum Gasteiger partial charge on any atom is 0.136 e. The summed E-state index contributed by atoms with van der Waals surface area (Å²) in [4.78, 5) is 4.47. The normalized spacial score (nSPS) is 11.4. The molecule has 0 fully saturated rings. The van der Waals surface area contributed by atoms with E-state index in [4.69, 9.17) is 4.42 Å². The summed E-state index contributed by atoms with van der Waals surface area (Å²) < 4.78 is 8.80. The van der Waals surface area contributed by atoms with Crippen molar-refractivity contribution in [3.05, 3.63) is 103 Å². The molecule has 33 heavy (non-hydrogen) atoms. The van der Waals surface area contributed by atoms with Crippen LogP contribution in [0.1, 0.15) is 0 Å². The topological polar surface area (TPSA) is 26.0 Å². The molecule has 0 atom stereocenters. The minimum absolute atomic E-state index is 0. The van der Waals surface area contributed by atoms with E-state index in [1.165, 1.54) is 20.2 Å². The summed E-state index contributed by atoms with van der Waals surface area (Å²) in [6.45, 7) is 0. The van der Waals surface area contributed by atoms with Crippen LogP contribution in [0, 0.1) is 6.07 Å². The number of pyridine rings is 1. The Morgan fingerprint density at radius 3 is 2.42 bits per heavy atom. The van der Waals surface area contributed by atoms with E-state index in [9.17, 15) is 0 Å². The van der Waals surface area contributed by atoms with Crippen LogP contribution in [0.4, 0.5) is 0 Å². The number of nitrogens with zero attached hydrogens (tertiary/aromatic N) is 1. The molecule has 159 valence electrons. The van der Waals surface area contributed by atoms with Crippen LogP contribution >= 0.6 is 11.3 Å². The van der Waals surface area contributed by atoms with Gasteiger partial charge in [-0.25, -0.2) is 0 Å². The summed E-state index contributed by atoms with van der Waals surface area (Å²) in [5.74, 6) is 0. The van der Waals surface area contributed by atoms with Crippen molar-refractivity contribution in [2.75, 3.05) is 0 Å². The number of furan rings is 1. The molecule has 4 heteroatoms. The van der Waals surface area contributed by atoms with Gasteiger partial charge in [-0.15, -0.1) is 46.7 Å². The van der Waals surface area contributed by atoms with Crippen LogP contribution in [-0.4, -0.2) is 4.98 Å². The number of rotatable bonds is 2. The molecule has 0 aliphatic heterocycles. The largest absolute Gasteiger partial charge is 0.456 e. The van der Waals surface area contributed by atoms with Crippen LogP contribution in [0.2, 0.25) is 0 Å². The maximum absolute atomic E-state index is 6.23. The smallest absolute Gasteiger partial charge is 0.136 e. The van der Waals surface area contributed by atoms with Crippen molar-refractivity contribution in [2.45, 2.75) is 0 Å². The zero-order chi connectivity index (χ0) is 21.1. The Hall–Kier alpha value is -3.30. The second kappa shape index (κ2) is 7.93. The molecule has 0 unspecified atom stereocenters. The molecule has 2 nitrogen and oxygen atoms in total. The van der Waals surface area contributed by atoms with Gasteiger partial charge < -0.3 is 9.40 Å². The zero-order valence-corrected chi connectivity index (χ0v) is 20.5. The predicted octanol–water partition coefficient (Wildman–Crippen LogP) is 8.48. The fourth-order valence-electron chi connectivity index (χ4n) is 4.49. The monoisotopic (exact) mass is 619 g/mol. The quantitative estimate of drug-likeness (QED) is 0.182. The van der Waals surface area contributed by atoms with Crippen LogP contribution in [0.15, 0.2) is 102 Å². The van der Waals surface area contributed by atoms with Crippen molar-refractivity contribution in [2.24, 2.45) is 0 Å². The van der Waals surface area contributed by atoms with E-state index in [1.807, 2.05) is 41.8 Å². The molecular weight excluding hydrogens is 603 g/mol. The minimum Gasteiger partial charge on any atom is -0.456 e. The van der Waals surface area contributed by atoms with Gasteiger partial charge in [0, 0.05) is 57.2 Å². The fourth-order valence-corrected chi connectivity index (χ4v) is 5.61. The molecule has 4 aromatic carbocycles. The molecule has 0 aliphatic carbocycles. The third-order valence-electron chi connectivity index (χ3n) is 6.04. The van der Waals surface area contributed by atoms with Gasteiger partial charge in [-0.1, -0.05) is 36.4 Å². The summed E-state index contributed by atoms with van der Waals surface area (Å²) in [7, 11) is 0. The number of hydrogen-bond acceptors (Lipinski definition) is 3. The molecule has 3 heterocycles. The molecule has 1 radical (unpaired) electrons. The van der Waals surface area contributed by atoms with Gasteiger partial charge in [-0.3, -0.25) is 0 Å². The molecule has 0 bridgehead atoms. The summed E-state index contributed by atoms with van der Waals surface area (Å²) in [6, 6.07) is 35.0. The molecule has 7 aromatic rings. The first-order valence-electron chi connectivity index (χ1n) is 10.5. The summed E-state index contributed by atoms with van der Waals surface area (Å²) in [5, 5.41) is 4.89. The van der Waals surface area contributed by atoms with Gasteiger partial charge in [0.05, 0.1) is 0 Å². The number of thiophene rings is 1. The van der Waals surface area contributed by atoms with Gasteiger partial charge >= 0.3 is 0 Å². The summed E-state index contributed by atoms with van der Waals surface area (Å²) in [5.41, 5.74) is 6.07. The van der Waals surface area contributed by atoms with Gasteiger partial charge in [0.2, 0.25) is 0 Å². The molecule has 0 spiro atoms. The third kappa shape index (κ3) is 3.30. The van der Waals surface area contributed by atoms with Crippen molar-refractivity contribution < 1.29 is 24.5 Å². The van der Waals surface area contributed by atoms with Crippen molar-refractivity contribution in [3.63, 3.8) is 0 Å². The average molecular weight is 619 g/mol. The van der Waals surface area contributed by atoms with Crippen LogP contribution < -0.4 is 0 Å². The third-order valence-corrected chi connectivity index (χ3v) is 7.18. The van der Waals surface area contributed by atoms with E-state index in [0.29, 0.717) is 0 Å². The van der Waals surface area contributed by atoms with Gasteiger partial charge in [0.1, 0.15) is 11.2 Å². The van der Waals surface area contributed by atoms with Crippen LogP contribution in [-0.2, 0) is 20.1 Å². The second-order valence-electron chi connectivity index (χ2n) is 7.96. The van der Waals surface area contributed by atoms with Crippen molar-refractivity contribution in [1.82, 2.24) is 4.98 Å². The first-order valence-corrected chi connectivity index (χ1v) is 11.4. The van der Waals surface area contributed by atoms with Crippen LogP contribution in [0.25, 0.3) is 64.5 Å². The predicted molar refractivity (Wildman–Crippen MR) is 134 cm³/mol. The molecular formula is C29H16IrNOS-. The number of fused-ring (bicyclic) bond motifs is 6. The van der Waals surface area contributed by atoms with Gasteiger partial charge in [0.25, 0.3) is 0 Å². The van der Waals surface area contributed by atoms with E-state index >= 15 is 0 Å². The number of aromatic nitrogens is 1. The minimum atomic E-state index is 0. The van der Waals surface area contributed by atoms with Crippen molar-refractivity contribution in [1.29, 1.82) is 0 Å². The fraction of sp³-hybridized carbons (Fsp3) is 0. The average Bonchev–Trinajstić information content (AvgIpc) is 3.40. The Balaban J connectivity index is 0.00000206. The molecule has 0 aliphatic rings. The standard InChI is InChI=1S/C29H16NOS.Ir/c1-2-10-28-21(8-1)24-16-23-22-15-19(11-12-26(22)31-27(23)17-29(24)32-28)18-6-5-7-20(14-18)25-9-3-4-13-30-25;/h1-6,8-17H;/q-1;. The Morgan fingerprint density at radius 1 is 0.667 bits per heavy atom. The SMILES string of the molecule is [Ir].[c-]1ccc(-c2ccc3oc4cc5sc6ccccc6c5cc4c3c2)cc1-c1ccccn1.